The van der Waals surface area contributed by atoms with Crippen molar-refractivity contribution in [2.45, 2.75) is 111 Å². The maximum absolute atomic E-state index is 10.5. The molecular weight excluding hydrogens is 260 g/mol. The molecule has 0 saturated heterocycles. The quantitative estimate of drug-likeness (QED) is 0.376. The van der Waals surface area contributed by atoms with Crippen LogP contribution in [0.15, 0.2) is 0 Å². The second kappa shape index (κ2) is 19.3. The molecule has 0 unspecified atom stereocenters. The molecule has 0 heterocycles. The van der Waals surface area contributed by atoms with Crippen molar-refractivity contribution >= 4 is 11.6 Å². The van der Waals surface area contributed by atoms with Crippen LogP contribution in [0, 0.1) is 0 Å². The first-order valence-electron chi connectivity index (χ1n) is 9.03. The third-order valence-electron chi connectivity index (χ3n) is 3.51. The van der Waals surface area contributed by atoms with Gasteiger partial charge in [-0.15, -0.1) is 0 Å². The highest BCUT2D eigenvalue weighted by atomic mass is 16.1. The van der Waals surface area contributed by atoms with Crippen molar-refractivity contribution in [3.8, 4) is 0 Å². The Morgan fingerprint density at radius 1 is 0.524 bits per heavy atom. The van der Waals surface area contributed by atoms with Crippen molar-refractivity contribution in [2.75, 3.05) is 0 Å². The summed E-state index contributed by atoms with van der Waals surface area (Å²) in [5.74, 6) is 0.664. The highest BCUT2D eigenvalue weighted by molar-refractivity contribution is 5.75. The third-order valence-corrected chi connectivity index (χ3v) is 3.51. The molecule has 0 N–H and O–H groups in total. The molecule has 0 aromatic carbocycles. The van der Waals surface area contributed by atoms with E-state index in [-0.39, 0.29) is 0 Å². The lowest BCUT2D eigenvalue weighted by molar-refractivity contribution is -0.117. The Hall–Kier alpha value is -0.660. The molecule has 0 fully saturated rings. The Kier molecular flexibility index (Phi) is 20.8. The smallest absolute Gasteiger partial charge is 0.129 e. The van der Waals surface area contributed by atoms with E-state index in [4.69, 9.17) is 0 Å². The first-order chi connectivity index (χ1) is 10.0. The van der Waals surface area contributed by atoms with Crippen molar-refractivity contribution in [2.24, 2.45) is 0 Å². The van der Waals surface area contributed by atoms with Crippen molar-refractivity contribution in [3.63, 3.8) is 0 Å². The normalized spacial score (nSPS) is 9.90. The molecule has 126 valence electrons. The molecule has 21 heavy (non-hydrogen) atoms. The average molecular weight is 299 g/mol. The Morgan fingerprint density at radius 2 is 0.810 bits per heavy atom. The number of Topliss-reactive ketones (excluding diaryl/α,β-unsaturated/α-hetero) is 2. The number of rotatable bonds is 13. The Labute approximate surface area is 133 Å². The molecule has 0 spiro atoms. The molecule has 0 amide bonds. The highest BCUT2D eigenvalue weighted by Gasteiger charge is 1.93. The average Bonchev–Trinajstić information content (AvgIpc) is 2.42. The molecule has 0 atom stereocenters. The van der Waals surface area contributed by atoms with Crippen LogP contribution in [0.1, 0.15) is 111 Å². The van der Waals surface area contributed by atoms with Gasteiger partial charge in [0.25, 0.3) is 0 Å². The highest BCUT2D eigenvalue weighted by Crippen LogP contribution is 2.06. The lowest BCUT2D eigenvalue weighted by Gasteiger charge is -1.97. The SMILES string of the molecule is CCCCCCCC(C)=O.CCCCCCCCC(C)=O. The van der Waals surface area contributed by atoms with Gasteiger partial charge in [0.15, 0.2) is 0 Å². The molecular formula is C19H38O2. The van der Waals surface area contributed by atoms with Crippen LogP contribution in [-0.2, 0) is 9.59 Å². The van der Waals surface area contributed by atoms with Gasteiger partial charge in [-0.1, -0.05) is 71.6 Å². The molecule has 0 rings (SSSR count). The molecule has 0 aliphatic carbocycles. The van der Waals surface area contributed by atoms with E-state index in [2.05, 4.69) is 13.8 Å². The van der Waals surface area contributed by atoms with E-state index in [1.54, 1.807) is 13.8 Å². The van der Waals surface area contributed by atoms with Gasteiger partial charge in [0.2, 0.25) is 0 Å². The molecule has 0 aliphatic heterocycles. The lowest BCUT2D eigenvalue weighted by Crippen LogP contribution is -1.88. The Morgan fingerprint density at radius 3 is 1.10 bits per heavy atom. The zero-order chi connectivity index (χ0) is 16.3. The van der Waals surface area contributed by atoms with Crippen LogP contribution in [0.4, 0.5) is 0 Å². The molecule has 0 bridgehead atoms. The molecule has 0 aromatic rings. The molecule has 2 nitrogen and oxygen atoms in total. The van der Waals surface area contributed by atoms with Gasteiger partial charge in [-0.2, -0.15) is 0 Å². The Balaban J connectivity index is 0. The van der Waals surface area contributed by atoms with E-state index < -0.39 is 0 Å². The fourth-order valence-electron chi connectivity index (χ4n) is 2.13. The summed E-state index contributed by atoms with van der Waals surface area (Å²) in [6.45, 7) is 7.76. The van der Waals surface area contributed by atoms with E-state index in [1.165, 1.54) is 57.8 Å². The van der Waals surface area contributed by atoms with E-state index in [0.717, 1.165) is 25.7 Å². The second-order valence-corrected chi connectivity index (χ2v) is 6.09. The summed E-state index contributed by atoms with van der Waals surface area (Å²) in [6.07, 6.45) is 15.4. The summed E-state index contributed by atoms with van der Waals surface area (Å²) >= 11 is 0. The maximum atomic E-state index is 10.5. The summed E-state index contributed by atoms with van der Waals surface area (Å²) < 4.78 is 0. The van der Waals surface area contributed by atoms with Crippen LogP contribution in [0.2, 0.25) is 0 Å². The van der Waals surface area contributed by atoms with Gasteiger partial charge >= 0.3 is 0 Å². The van der Waals surface area contributed by atoms with E-state index in [0.29, 0.717) is 11.6 Å². The third kappa shape index (κ3) is 28.3. The fourth-order valence-corrected chi connectivity index (χ4v) is 2.13. The number of carbonyl (C=O) groups excluding carboxylic acids is 2. The zero-order valence-corrected chi connectivity index (χ0v) is 15.0. The predicted molar refractivity (Wildman–Crippen MR) is 92.7 cm³/mol. The van der Waals surface area contributed by atoms with Gasteiger partial charge in [-0.25, -0.2) is 0 Å². The molecule has 0 aliphatic rings. The first kappa shape index (κ1) is 22.6. The van der Waals surface area contributed by atoms with Crippen molar-refractivity contribution in [1.29, 1.82) is 0 Å². The van der Waals surface area contributed by atoms with Gasteiger partial charge in [0, 0.05) is 12.8 Å². The van der Waals surface area contributed by atoms with Gasteiger partial charge in [0.05, 0.1) is 0 Å². The summed E-state index contributed by atoms with van der Waals surface area (Å²) in [5, 5.41) is 0. The van der Waals surface area contributed by atoms with E-state index in [9.17, 15) is 9.59 Å². The largest absolute Gasteiger partial charge is 0.300 e. The number of carbonyl (C=O) groups is 2. The minimum absolute atomic E-state index is 0.330. The van der Waals surface area contributed by atoms with Gasteiger partial charge in [-0.3, -0.25) is 0 Å². The Bertz CT molecular complexity index is 234. The van der Waals surface area contributed by atoms with E-state index in [1.807, 2.05) is 0 Å². The lowest BCUT2D eigenvalue weighted by atomic mass is 10.1. The van der Waals surface area contributed by atoms with Crippen LogP contribution in [0.5, 0.6) is 0 Å². The number of hydrogen-bond acceptors (Lipinski definition) is 2. The first-order valence-corrected chi connectivity index (χ1v) is 9.03. The summed E-state index contributed by atoms with van der Waals surface area (Å²) in [7, 11) is 0. The van der Waals surface area contributed by atoms with Crippen molar-refractivity contribution in [1.82, 2.24) is 0 Å². The minimum atomic E-state index is 0.330. The number of ketones is 2. The molecule has 0 saturated carbocycles. The fraction of sp³-hybridized carbons (Fsp3) is 0.895. The minimum Gasteiger partial charge on any atom is -0.300 e. The second-order valence-electron chi connectivity index (χ2n) is 6.09. The maximum Gasteiger partial charge on any atom is 0.129 e. The monoisotopic (exact) mass is 298 g/mol. The number of hydrogen-bond donors (Lipinski definition) is 0. The molecule has 0 aromatic heterocycles. The van der Waals surface area contributed by atoms with Crippen LogP contribution < -0.4 is 0 Å². The topological polar surface area (TPSA) is 34.1 Å². The molecule has 0 radical (unpaired) electrons. The van der Waals surface area contributed by atoms with Gasteiger partial charge in [-0.05, 0) is 26.7 Å². The summed E-state index contributed by atoms with van der Waals surface area (Å²) in [4.78, 5) is 21.0. The van der Waals surface area contributed by atoms with Crippen molar-refractivity contribution in [3.05, 3.63) is 0 Å². The van der Waals surface area contributed by atoms with E-state index >= 15 is 0 Å². The zero-order valence-electron chi connectivity index (χ0n) is 15.0. The van der Waals surface area contributed by atoms with Crippen LogP contribution >= 0.6 is 0 Å². The van der Waals surface area contributed by atoms with Gasteiger partial charge in [0.1, 0.15) is 11.6 Å². The van der Waals surface area contributed by atoms with Crippen LogP contribution in [0.25, 0.3) is 0 Å². The predicted octanol–water partition coefficient (Wildman–Crippen LogP) is 6.26. The van der Waals surface area contributed by atoms with Crippen molar-refractivity contribution < 1.29 is 9.59 Å². The standard InChI is InChI=1S/C10H20O.C9H18O/c1-3-4-5-6-7-8-9-10(2)11;1-3-4-5-6-7-8-9(2)10/h3-9H2,1-2H3;3-8H2,1-2H3. The summed E-state index contributed by atoms with van der Waals surface area (Å²) in [6, 6.07) is 0. The molecule has 2 heteroatoms. The van der Waals surface area contributed by atoms with Crippen LogP contribution in [-0.4, -0.2) is 11.6 Å². The number of unbranched alkanes of at least 4 members (excludes halogenated alkanes) is 9. The summed E-state index contributed by atoms with van der Waals surface area (Å²) in [5.41, 5.74) is 0. The van der Waals surface area contributed by atoms with Crippen LogP contribution in [0.3, 0.4) is 0 Å². The van der Waals surface area contributed by atoms with Gasteiger partial charge < -0.3 is 9.59 Å².